The highest BCUT2D eigenvalue weighted by Crippen LogP contribution is 2.42. The molecule has 1 N–H and O–H groups in total. The van der Waals surface area contributed by atoms with Crippen LogP contribution >= 0.6 is 11.6 Å². The van der Waals surface area contributed by atoms with Crippen molar-refractivity contribution in [2.75, 3.05) is 29.4 Å². The average Bonchev–Trinajstić information content (AvgIpc) is 3.41. The number of nitrogens with one attached hydrogen (secondary N) is 1. The summed E-state index contributed by atoms with van der Waals surface area (Å²) in [5.74, 6) is 1.74. The molecule has 0 saturated carbocycles. The second-order valence-corrected chi connectivity index (χ2v) is 12.1. The summed E-state index contributed by atoms with van der Waals surface area (Å²) in [6.07, 6.45) is -1.94. The minimum Gasteiger partial charge on any atom is -0.356 e. The summed E-state index contributed by atoms with van der Waals surface area (Å²) in [6.45, 7) is 11.0. The Morgan fingerprint density at radius 3 is 2.55 bits per heavy atom. The van der Waals surface area contributed by atoms with Gasteiger partial charge in [0, 0.05) is 61.9 Å². The molecular formula is C28H32ClF3N8. The molecule has 1 fully saturated rings. The van der Waals surface area contributed by atoms with Crippen molar-refractivity contribution in [1.82, 2.24) is 29.9 Å². The number of anilines is 2. The lowest BCUT2D eigenvalue weighted by Crippen LogP contribution is -2.42. The topological polar surface area (TPSA) is 78.8 Å². The molecule has 8 nitrogen and oxygen atoms in total. The second-order valence-electron chi connectivity index (χ2n) is 11.8. The number of aryl methyl sites for hydroxylation is 3. The molecule has 3 aromatic heterocycles. The van der Waals surface area contributed by atoms with Crippen LogP contribution in [0.2, 0.25) is 5.02 Å². The number of rotatable bonds is 3. The van der Waals surface area contributed by atoms with Gasteiger partial charge in [0.25, 0.3) is 0 Å². The third kappa shape index (κ3) is 4.48. The predicted octanol–water partition coefficient (Wildman–Crippen LogP) is 6.23. The molecule has 0 aliphatic carbocycles. The summed E-state index contributed by atoms with van der Waals surface area (Å²) in [5.41, 5.74) is 4.69. The van der Waals surface area contributed by atoms with E-state index in [0.29, 0.717) is 25.3 Å². The molecule has 0 atom stereocenters. The largest absolute Gasteiger partial charge is 0.436 e. The molecule has 5 heterocycles. The zero-order valence-electron chi connectivity index (χ0n) is 23.2. The van der Waals surface area contributed by atoms with E-state index >= 15 is 0 Å². The van der Waals surface area contributed by atoms with Crippen LogP contribution in [0, 0.1) is 19.3 Å². The van der Waals surface area contributed by atoms with Crippen molar-refractivity contribution >= 4 is 34.1 Å². The van der Waals surface area contributed by atoms with E-state index in [1.165, 1.54) is 11.7 Å². The minimum absolute atomic E-state index is 0.106. The van der Waals surface area contributed by atoms with E-state index in [4.69, 9.17) is 21.6 Å². The quantitative estimate of drug-likeness (QED) is 0.313. The molecule has 1 saturated heterocycles. The van der Waals surface area contributed by atoms with Gasteiger partial charge in [-0.05, 0) is 43.7 Å². The van der Waals surface area contributed by atoms with Gasteiger partial charge in [-0.15, -0.1) is 0 Å². The average molecular weight is 573 g/mol. The molecule has 0 amide bonds. The summed E-state index contributed by atoms with van der Waals surface area (Å²) >= 11 is 6.29. The number of H-pyrrole nitrogens is 1. The Kier molecular flexibility index (Phi) is 6.28. The number of hydrogen-bond donors (Lipinski definition) is 1. The van der Waals surface area contributed by atoms with Crippen molar-refractivity contribution in [2.24, 2.45) is 12.5 Å². The molecular weight excluding hydrogens is 541 g/mol. The van der Waals surface area contributed by atoms with Gasteiger partial charge in [0.1, 0.15) is 16.7 Å². The molecule has 0 spiro atoms. The lowest BCUT2D eigenvalue weighted by Gasteiger charge is -2.41. The highest BCUT2D eigenvalue weighted by Gasteiger charge is 2.40. The maximum Gasteiger partial charge on any atom is 0.436 e. The Morgan fingerprint density at radius 1 is 1.07 bits per heavy atom. The summed E-state index contributed by atoms with van der Waals surface area (Å²) in [7, 11) is 1.50. The van der Waals surface area contributed by atoms with Crippen LogP contribution in [0.4, 0.5) is 24.8 Å². The fraction of sp³-hybridized carbons (Fsp3) is 0.500. The molecule has 4 aromatic rings. The molecule has 2 aliphatic heterocycles. The number of hydrogen-bond acceptors (Lipinski definition) is 6. The number of fused-ring (bicyclic) bond motifs is 2. The van der Waals surface area contributed by atoms with E-state index in [2.05, 4.69) is 41.0 Å². The van der Waals surface area contributed by atoms with Gasteiger partial charge in [-0.1, -0.05) is 31.5 Å². The summed E-state index contributed by atoms with van der Waals surface area (Å²) in [6, 6.07) is 4.03. The number of halogens is 4. The zero-order valence-corrected chi connectivity index (χ0v) is 24.0. The normalized spacial score (nSPS) is 17.5. The number of piperidine rings is 1. The Hall–Kier alpha value is -3.34. The van der Waals surface area contributed by atoms with Gasteiger partial charge >= 0.3 is 6.18 Å². The van der Waals surface area contributed by atoms with Crippen LogP contribution < -0.4 is 9.80 Å². The zero-order chi connectivity index (χ0) is 28.6. The van der Waals surface area contributed by atoms with E-state index in [1.807, 2.05) is 24.0 Å². The molecule has 0 bridgehead atoms. The standard InChI is InChI=1S/C28H32ClF3N8/c1-15-7-8-19-21(16(2)35-36-19)20(15)24-33-18-9-12-39(26-22(29)23(28(30,31)32)37-38(26)5)13-17(18)25(34-24)40-11-6-10-27(3,4)14-40/h7-8H,6,9-14H2,1-5H3,(H,35,36). The SMILES string of the molecule is Cc1ccc2n[nH]c(C)c2c1-c1nc2c(c(N3CCCC(C)(C)C3)n1)CN(c1c(Cl)c(C(F)(F)F)nn1C)CC2. The van der Waals surface area contributed by atoms with Gasteiger partial charge in [-0.25, -0.2) is 9.97 Å². The van der Waals surface area contributed by atoms with Crippen molar-refractivity contribution in [3.8, 4) is 11.4 Å². The van der Waals surface area contributed by atoms with E-state index in [-0.39, 0.29) is 16.3 Å². The maximum absolute atomic E-state index is 13.6. The van der Waals surface area contributed by atoms with Crippen LogP contribution in [0.1, 0.15) is 54.9 Å². The van der Waals surface area contributed by atoms with Crippen LogP contribution in [-0.4, -0.2) is 49.6 Å². The first-order chi connectivity index (χ1) is 18.8. The molecule has 6 rings (SSSR count). The third-order valence-corrected chi connectivity index (χ3v) is 8.45. The first kappa shape index (κ1) is 26.9. The summed E-state index contributed by atoms with van der Waals surface area (Å²) in [5, 5.41) is 11.9. The van der Waals surface area contributed by atoms with Crippen LogP contribution in [0.5, 0.6) is 0 Å². The summed E-state index contributed by atoms with van der Waals surface area (Å²) in [4.78, 5) is 14.5. The number of benzene rings is 1. The highest BCUT2D eigenvalue weighted by molar-refractivity contribution is 6.33. The fourth-order valence-electron chi connectivity index (χ4n) is 6.23. The lowest BCUT2D eigenvalue weighted by molar-refractivity contribution is -0.141. The Morgan fingerprint density at radius 2 is 1.85 bits per heavy atom. The van der Waals surface area contributed by atoms with Crippen molar-refractivity contribution in [1.29, 1.82) is 0 Å². The Labute approximate surface area is 235 Å². The molecule has 1 aromatic carbocycles. The van der Waals surface area contributed by atoms with Crippen LogP contribution in [0.15, 0.2) is 12.1 Å². The molecule has 2 aliphatic rings. The highest BCUT2D eigenvalue weighted by atomic mass is 35.5. The maximum atomic E-state index is 13.6. The monoisotopic (exact) mass is 572 g/mol. The first-order valence-electron chi connectivity index (χ1n) is 13.5. The molecule has 0 unspecified atom stereocenters. The smallest absolute Gasteiger partial charge is 0.356 e. The van der Waals surface area contributed by atoms with Gasteiger partial charge in [-0.3, -0.25) is 9.78 Å². The fourth-order valence-corrected chi connectivity index (χ4v) is 6.61. The third-order valence-electron chi connectivity index (χ3n) is 8.10. The molecule has 12 heteroatoms. The van der Waals surface area contributed by atoms with E-state index in [0.717, 1.165) is 70.7 Å². The molecule has 0 radical (unpaired) electrons. The van der Waals surface area contributed by atoms with Crippen molar-refractivity contribution in [3.63, 3.8) is 0 Å². The van der Waals surface area contributed by atoms with E-state index in [9.17, 15) is 13.2 Å². The van der Waals surface area contributed by atoms with Crippen LogP contribution in [-0.2, 0) is 26.2 Å². The first-order valence-corrected chi connectivity index (χ1v) is 13.9. The van der Waals surface area contributed by atoms with Gasteiger partial charge in [0.2, 0.25) is 0 Å². The van der Waals surface area contributed by atoms with Crippen LogP contribution in [0.3, 0.4) is 0 Å². The number of nitrogens with zero attached hydrogens (tertiary/aromatic N) is 7. The molecule has 40 heavy (non-hydrogen) atoms. The van der Waals surface area contributed by atoms with E-state index < -0.39 is 11.9 Å². The lowest BCUT2D eigenvalue weighted by atomic mass is 9.84. The Bertz CT molecular complexity index is 1620. The molecule has 212 valence electrons. The Balaban J connectivity index is 1.50. The number of alkyl halides is 3. The predicted molar refractivity (Wildman–Crippen MR) is 150 cm³/mol. The van der Waals surface area contributed by atoms with Crippen LogP contribution in [0.25, 0.3) is 22.3 Å². The van der Waals surface area contributed by atoms with Gasteiger partial charge in [0.15, 0.2) is 11.5 Å². The second kappa shape index (κ2) is 9.36. The van der Waals surface area contributed by atoms with E-state index in [1.54, 1.807) is 0 Å². The van der Waals surface area contributed by atoms with Gasteiger partial charge in [0.05, 0.1) is 11.2 Å². The van der Waals surface area contributed by atoms with Crippen molar-refractivity contribution < 1.29 is 13.2 Å². The van der Waals surface area contributed by atoms with Crippen molar-refractivity contribution in [2.45, 2.75) is 59.7 Å². The van der Waals surface area contributed by atoms with Crippen molar-refractivity contribution in [3.05, 3.63) is 45.4 Å². The summed E-state index contributed by atoms with van der Waals surface area (Å²) < 4.78 is 41.9. The number of aromatic amines is 1. The minimum atomic E-state index is -4.63. The van der Waals surface area contributed by atoms with Gasteiger partial charge < -0.3 is 9.80 Å². The number of aromatic nitrogens is 6. The van der Waals surface area contributed by atoms with Gasteiger partial charge in [-0.2, -0.15) is 23.4 Å².